The van der Waals surface area contributed by atoms with Crippen molar-refractivity contribution in [1.29, 1.82) is 0 Å². The predicted octanol–water partition coefficient (Wildman–Crippen LogP) is 9.26. The number of hydrogen-bond donors (Lipinski definition) is 2. The monoisotopic (exact) mass is 467 g/mol. The number of nitrogen functional groups attached to an aromatic ring is 1. The maximum Gasteiger partial charge on any atom is 0.153 e. The second kappa shape index (κ2) is 8.92. The number of nitrogens with zero attached hydrogens (tertiary/aromatic N) is 4. The fourth-order valence-electron chi connectivity index (χ4n) is 4.27. The molecule has 172 valence electrons. The van der Waals surface area contributed by atoms with Gasteiger partial charge in [0.25, 0.3) is 0 Å². The van der Waals surface area contributed by atoms with Gasteiger partial charge in [-0.05, 0) is 63.3 Å². The topological polar surface area (TPSA) is 95.7 Å². The van der Waals surface area contributed by atoms with Crippen molar-refractivity contribution >= 4 is 60.8 Å². The van der Waals surface area contributed by atoms with Crippen LogP contribution in [0.3, 0.4) is 0 Å². The zero-order valence-corrected chi connectivity index (χ0v) is 19.2. The van der Waals surface area contributed by atoms with Crippen LogP contribution in [0.1, 0.15) is 0 Å². The van der Waals surface area contributed by atoms with Crippen molar-refractivity contribution in [3.8, 4) is 5.75 Å². The van der Waals surface area contributed by atoms with E-state index in [9.17, 15) is 5.11 Å². The Balaban J connectivity index is 1.34. The van der Waals surface area contributed by atoms with Crippen LogP contribution >= 0.6 is 0 Å². The van der Waals surface area contributed by atoms with Gasteiger partial charge < -0.3 is 10.8 Å². The molecule has 0 unspecified atom stereocenters. The SMILES string of the molecule is Nc1c(N=Nc2ccc3ccccc3c2)ccc2ccc(N=Nc3ccc4ccccc4c3)c(O)c12. The molecule has 0 bridgehead atoms. The summed E-state index contributed by atoms with van der Waals surface area (Å²) in [6, 6.07) is 35.1. The van der Waals surface area contributed by atoms with Crippen molar-refractivity contribution in [3.63, 3.8) is 0 Å². The van der Waals surface area contributed by atoms with Gasteiger partial charge in [0.15, 0.2) is 5.75 Å². The number of nitrogens with two attached hydrogens (primary N) is 1. The minimum atomic E-state index is -0.0442. The van der Waals surface area contributed by atoms with Gasteiger partial charge in [-0.1, -0.05) is 72.8 Å². The predicted molar refractivity (Wildman–Crippen MR) is 146 cm³/mol. The average molecular weight is 468 g/mol. The van der Waals surface area contributed by atoms with E-state index in [-0.39, 0.29) is 5.75 Å². The summed E-state index contributed by atoms with van der Waals surface area (Å²) in [5, 5.41) is 34.0. The molecule has 0 amide bonds. The number of anilines is 1. The smallest absolute Gasteiger partial charge is 0.153 e. The summed E-state index contributed by atoms with van der Waals surface area (Å²) in [7, 11) is 0. The molecular formula is C30H21N5O. The van der Waals surface area contributed by atoms with Gasteiger partial charge >= 0.3 is 0 Å². The van der Waals surface area contributed by atoms with E-state index in [4.69, 9.17) is 5.73 Å². The lowest BCUT2D eigenvalue weighted by Gasteiger charge is -2.08. The number of aromatic hydroxyl groups is 1. The number of fused-ring (bicyclic) bond motifs is 3. The van der Waals surface area contributed by atoms with Crippen LogP contribution in [-0.4, -0.2) is 5.11 Å². The molecule has 0 aliphatic carbocycles. The normalized spacial score (nSPS) is 11.9. The Morgan fingerprint density at radius 1 is 0.472 bits per heavy atom. The molecule has 0 atom stereocenters. The molecule has 0 aromatic heterocycles. The van der Waals surface area contributed by atoms with Crippen molar-refractivity contribution < 1.29 is 5.11 Å². The Hall–Kier alpha value is -5.10. The Bertz CT molecular complexity index is 1690. The quantitative estimate of drug-likeness (QED) is 0.199. The first-order chi connectivity index (χ1) is 17.7. The zero-order chi connectivity index (χ0) is 24.5. The van der Waals surface area contributed by atoms with Crippen LogP contribution in [0.2, 0.25) is 0 Å². The lowest BCUT2D eigenvalue weighted by molar-refractivity contribution is 0.483. The molecule has 6 rings (SSSR count). The van der Waals surface area contributed by atoms with Crippen molar-refractivity contribution in [2.24, 2.45) is 20.5 Å². The van der Waals surface area contributed by atoms with Gasteiger partial charge in [-0.2, -0.15) is 10.2 Å². The highest BCUT2D eigenvalue weighted by atomic mass is 16.3. The standard InChI is InChI=1S/C30H21N5O/c31-29-26(34-32-24-13-9-19-5-1-3-7-22(19)17-24)15-11-21-12-16-27(30(36)28(21)29)35-33-25-14-10-20-6-2-4-8-23(20)18-25/h1-18,36H,31H2. The summed E-state index contributed by atoms with van der Waals surface area (Å²) >= 11 is 0. The summed E-state index contributed by atoms with van der Waals surface area (Å²) in [6.07, 6.45) is 0. The van der Waals surface area contributed by atoms with Crippen molar-refractivity contribution in [1.82, 2.24) is 0 Å². The van der Waals surface area contributed by atoms with Crippen LogP contribution in [0, 0.1) is 0 Å². The number of phenolic OH excluding ortho intramolecular Hbond substituents is 1. The lowest BCUT2D eigenvalue weighted by Crippen LogP contribution is -1.88. The van der Waals surface area contributed by atoms with Crippen LogP contribution in [0.15, 0.2) is 130 Å². The molecule has 0 heterocycles. The summed E-state index contributed by atoms with van der Waals surface area (Å²) in [5.74, 6) is -0.0442. The summed E-state index contributed by atoms with van der Waals surface area (Å²) < 4.78 is 0. The third kappa shape index (κ3) is 4.01. The first-order valence-corrected chi connectivity index (χ1v) is 11.5. The molecule has 0 spiro atoms. The van der Waals surface area contributed by atoms with E-state index in [1.165, 1.54) is 0 Å². The maximum atomic E-state index is 11.0. The van der Waals surface area contributed by atoms with E-state index in [0.717, 1.165) is 32.6 Å². The van der Waals surface area contributed by atoms with Gasteiger partial charge in [0.1, 0.15) is 11.4 Å². The fraction of sp³-hybridized carbons (Fsp3) is 0. The molecule has 0 saturated carbocycles. The molecule has 0 fully saturated rings. The van der Waals surface area contributed by atoms with Crippen LogP contribution < -0.4 is 5.73 Å². The van der Waals surface area contributed by atoms with Crippen LogP contribution in [0.5, 0.6) is 5.75 Å². The second-order valence-corrected chi connectivity index (χ2v) is 8.49. The molecule has 0 radical (unpaired) electrons. The first kappa shape index (κ1) is 21.4. The van der Waals surface area contributed by atoms with Crippen LogP contribution in [-0.2, 0) is 0 Å². The first-order valence-electron chi connectivity index (χ1n) is 11.5. The van der Waals surface area contributed by atoms with Gasteiger partial charge in [0.2, 0.25) is 0 Å². The van der Waals surface area contributed by atoms with Gasteiger partial charge in [0.05, 0.1) is 22.4 Å². The Morgan fingerprint density at radius 2 is 0.944 bits per heavy atom. The van der Waals surface area contributed by atoms with E-state index >= 15 is 0 Å². The molecule has 6 heteroatoms. The third-order valence-electron chi connectivity index (χ3n) is 6.17. The highest BCUT2D eigenvalue weighted by molar-refractivity contribution is 6.04. The van der Waals surface area contributed by atoms with Gasteiger partial charge in [0, 0.05) is 0 Å². The number of phenols is 1. The Labute approximate surface area is 207 Å². The van der Waals surface area contributed by atoms with E-state index in [1.807, 2.05) is 91.0 Å². The Kier molecular flexibility index (Phi) is 5.31. The van der Waals surface area contributed by atoms with Crippen LogP contribution in [0.25, 0.3) is 32.3 Å². The van der Waals surface area contributed by atoms with E-state index in [2.05, 4.69) is 26.5 Å². The Morgan fingerprint density at radius 3 is 1.53 bits per heavy atom. The van der Waals surface area contributed by atoms with E-state index in [1.54, 1.807) is 12.1 Å². The molecule has 0 aliphatic rings. The minimum absolute atomic E-state index is 0.0442. The van der Waals surface area contributed by atoms with Crippen molar-refractivity contribution in [3.05, 3.63) is 109 Å². The average Bonchev–Trinajstić information content (AvgIpc) is 2.92. The highest BCUT2D eigenvalue weighted by Gasteiger charge is 2.12. The van der Waals surface area contributed by atoms with Crippen molar-refractivity contribution in [2.45, 2.75) is 0 Å². The number of hydrogen-bond acceptors (Lipinski definition) is 6. The number of rotatable bonds is 4. The molecule has 6 nitrogen and oxygen atoms in total. The molecular weight excluding hydrogens is 446 g/mol. The van der Waals surface area contributed by atoms with E-state index < -0.39 is 0 Å². The van der Waals surface area contributed by atoms with Gasteiger partial charge in [-0.25, -0.2) is 0 Å². The highest BCUT2D eigenvalue weighted by Crippen LogP contribution is 2.42. The molecule has 6 aromatic carbocycles. The number of azo groups is 2. The third-order valence-corrected chi connectivity index (χ3v) is 6.17. The fourth-order valence-corrected chi connectivity index (χ4v) is 4.27. The van der Waals surface area contributed by atoms with Gasteiger partial charge in [-0.15, -0.1) is 10.2 Å². The summed E-state index contributed by atoms with van der Waals surface area (Å²) in [4.78, 5) is 0. The van der Waals surface area contributed by atoms with Crippen molar-refractivity contribution in [2.75, 3.05) is 5.73 Å². The largest absolute Gasteiger partial charge is 0.505 e. The van der Waals surface area contributed by atoms with Crippen LogP contribution in [0.4, 0.5) is 28.4 Å². The molecule has 6 aromatic rings. The lowest BCUT2D eigenvalue weighted by atomic mass is 10.1. The summed E-state index contributed by atoms with van der Waals surface area (Å²) in [5.41, 5.74) is 8.96. The molecule has 3 N–H and O–H groups in total. The maximum absolute atomic E-state index is 11.0. The number of benzene rings is 6. The van der Waals surface area contributed by atoms with Gasteiger partial charge in [-0.3, -0.25) is 0 Å². The minimum Gasteiger partial charge on any atom is -0.505 e. The van der Waals surface area contributed by atoms with E-state index in [0.29, 0.717) is 28.1 Å². The molecule has 36 heavy (non-hydrogen) atoms. The summed E-state index contributed by atoms with van der Waals surface area (Å²) in [6.45, 7) is 0. The molecule has 0 aliphatic heterocycles. The second-order valence-electron chi connectivity index (χ2n) is 8.49. The molecule has 0 saturated heterocycles. The zero-order valence-electron chi connectivity index (χ0n) is 19.2.